The van der Waals surface area contributed by atoms with Crippen molar-refractivity contribution in [1.29, 1.82) is 0 Å². The lowest BCUT2D eigenvalue weighted by atomic mass is 10.3. The molecule has 0 aliphatic heterocycles. The molecule has 2 N–H and O–H groups in total. The fourth-order valence-electron chi connectivity index (χ4n) is 1.47. The number of hydrogen-bond donors (Lipinski definition) is 2. The Morgan fingerprint density at radius 3 is 3.06 bits per heavy atom. The first-order valence-electron chi connectivity index (χ1n) is 5.77. The number of pyridine rings is 1. The summed E-state index contributed by atoms with van der Waals surface area (Å²) in [6, 6.07) is 1.39. The van der Waals surface area contributed by atoms with E-state index in [-0.39, 0.29) is 11.2 Å². The predicted octanol–water partition coefficient (Wildman–Crippen LogP) is 0.818. The predicted molar refractivity (Wildman–Crippen MR) is 76.1 cm³/mol. The van der Waals surface area contributed by atoms with Gasteiger partial charge in [-0.25, -0.2) is 0 Å². The molecule has 0 radical (unpaired) electrons. The molecule has 0 aliphatic carbocycles. The Labute approximate surface area is 111 Å². The molecule has 4 nitrogen and oxygen atoms in total. The molecule has 1 rings (SSSR count). The van der Waals surface area contributed by atoms with Gasteiger partial charge in [-0.1, -0.05) is 5.92 Å². The van der Waals surface area contributed by atoms with E-state index in [1.807, 2.05) is 4.57 Å². The molecule has 0 unspecified atom stereocenters. The summed E-state index contributed by atoms with van der Waals surface area (Å²) in [6.07, 6.45) is 6.83. The Bertz CT molecular complexity index is 477. The maximum absolute atomic E-state index is 11.2. The first-order valence-corrected chi connectivity index (χ1v) is 6.93. The molecule has 0 fully saturated rings. The van der Waals surface area contributed by atoms with Crippen molar-refractivity contribution < 1.29 is 5.11 Å². The Kier molecular flexibility index (Phi) is 6.40. The molecule has 0 atom stereocenters. The molecule has 0 bridgehead atoms. The average molecular weight is 266 g/mol. The van der Waals surface area contributed by atoms with Crippen LogP contribution in [0.15, 0.2) is 17.1 Å². The van der Waals surface area contributed by atoms with Crippen molar-refractivity contribution in [3.05, 3.63) is 28.2 Å². The molecule has 1 aromatic heterocycles. The quantitative estimate of drug-likeness (QED) is 0.567. The Morgan fingerprint density at radius 1 is 1.56 bits per heavy atom. The summed E-state index contributed by atoms with van der Waals surface area (Å²) >= 11 is 1.81. The highest BCUT2D eigenvalue weighted by molar-refractivity contribution is 7.99. The van der Waals surface area contributed by atoms with Crippen molar-refractivity contribution >= 4 is 11.8 Å². The summed E-state index contributed by atoms with van der Waals surface area (Å²) in [5.74, 6) is 4.29. The highest BCUT2D eigenvalue weighted by atomic mass is 32.2. The molecule has 1 heterocycles. The van der Waals surface area contributed by atoms with Gasteiger partial charge in [0.1, 0.15) is 0 Å². The summed E-state index contributed by atoms with van der Waals surface area (Å²) in [5, 5.41) is 12.6. The first-order chi connectivity index (χ1) is 8.66. The maximum Gasteiger partial charge on any atom is 0.223 e. The first kappa shape index (κ1) is 14.7. The van der Waals surface area contributed by atoms with E-state index < -0.39 is 0 Å². The van der Waals surface area contributed by atoms with Crippen molar-refractivity contribution in [2.45, 2.75) is 13.5 Å². The van der Waals surface area contributed by atoms with Crippen molar-refractivity contribution in [2.75, 3.05) is 24.6 Å². The molecule has 5 heteroatoms. The minimum absolute atomic E-state index is 0.154. The highest BCUT2D eigenvalue weighted by Crippen LogP contribution is 2.10. The molecule has 0 saturated carbocycles. The fraction of sp³-hybridized carbons (Fsp3) is 0.462. The average Bonchev–Trinajstić information content (AvgIpc) is 2.37. The molecule has 0 spiro atoms. The number of aryl methyl sites for hydroxylation is 1. The van der Waals surface area contributed by atoms with Gasteiger partial charge in [0.05, 0.1) is 12.2 Å². The number of rotatable bonds is 7. The van der Waals surface area contributed by atoms with Crippen LogP contribution >= 0.6 is 11.8 Å². The number of hydrogen-bond acceptors (Lipinski definition) is 4. The lowest BCUT2D eigenvalue weighted by Gasteiger charge is -2.11. The Morgan fingerprint density at radius 2 is 2.33 bits per heavy atom. The van der Waals surface area contributed by atoms with Gasteiger partial charge in [-0.2, -0.15) is 11.8 Å². The van der Waals surface area contributed by atoms with E-state index in [9.17, 15) is 9.90 Å². The number of nitrogens with zero attached hydrogens (tertiary/aromatic N) is 1. The highest BCUT2D eigenvalue weighted by Gasteiger charge is 2.04. The van der Waals surface area contributed by atoms with E-state index in [0.717, 1.165) is 24.6 Å². The van der Waals surface area contributed by atoms with Crippen LogP contribution in [0.4, 0.5) is 0 Å². The second kappa shape index (κ2) is 7.85. The minimum atomic E-state index is -0.324. The third-order valence-corrected chi connectivity index (χ3v) is 3.50. The summed E-state index contributed by atoms with van der Waals surface area (Å²) in [5.41, 5.74) is 0.295. The summed E-state index contributed by atoms with van der Waals surface area (Å²) < 4.78 is 1.89. The number of terminal acetylenes is 1. The summed E-state index contributed by atoms with van der Waals surface area (Å²) in [6.45, 7) is 4.02. The third-order valence-electron chi connectivity index (χ3n) is 2.54. The van der Waals surface area contributed by atoms with Crippen LogP contribution in [0.1, 0.15) is 5.69 Å². The molecule has 0 amide bonds. The van der Waals surface area contributed by atoms with Gasteiger partial charge in [0.15, 0.2) is 5.75 Å². The van der Waals surface area contributed by atoms with E-state index in [4.69, 9.17) is 6.42 Å². The number of nitrogens with one attached hydrogen (secondary N) is 1. The van der Waals surface area contributed by atoms with Crippen LogP contribution in [-0.2, 0) is 6.54 Å². The van der Waals surface area contributed by atoms with Gasteiger partial charge in [0.2, 0.25) is 5.43 Å². The standard InChI is InChI=1S/C13H18N2O2S/c1-3-5-14-6-9-18-10-8-15-7-4-12(16)13(17)11(15)2/h1,4,7,14,17H,5-6,8-10H2,2H3. The van der Waals surface area contributed by atoms with Gasteiger partial charge in [0.25, 0.3) is 0 Å². The second-order valence-corrected chi connectivity index (χ2v) is 5.03. The number of thioether (sulfide) groups is 1. The monoisotopic (exact) mass is 266 g/mol. The SMILES string of the molecule is C#CCNCCSCCn1ccc(=O)c(O)c1C. The zero-order chi connectivity index (χ0) is 13.4. The van der Waals surface area contributed by atoms with Crippen molar-refractivity contribution in [1.82, 2.24) is 9.88 Å². The van der Waals surface area contributed by atoms with Gasteiger partial charge in [-0.3, -0.25) is 4.79 Å². The number of aromatic hydroxyl groups is 1. The van der Waals surface area contributed by atoms with Crippen molar-refractivity contribution in [2.24, 2.45) is 0 Å². The normalized spacial score (nSPS) is 10.2. The fourth-order valence-corrected chi connectivity index (χ4v) is 2.29. The zero-order valence-corrected chi connectivity index (χ0v) is 11.3. The van der Waals surface area contributed by atoms with E-state index in [1.165, 1.54) is 6.07 Å². The molecular weight excluding hydrogens is 248 g/mol. The van der Waals surface area contributed by atoms with Gasteiger partial charge in [-0.05, 0) is 6.92 Å². The number of aromatic nitrogens is 1. The molecule has 1 aromatic rings. The van der Waals surface area contributed by atoms with Crippen LogP contribution in [0.25, 0.3) is 0 Å². The summed E-state index contributed by atoms with van der Waals surface area (Å²) in [7, 11) is 0. The lowest BCUT2D eigenvalue weighted by molar-refractivity contribution is 0.454. The van der Waals surface area contributed by atoms with Crippen molar-refractivity contribution in [3.8, 4) is 18.1 Å². The smallest absolute Gasteiger partial charge is 0.223 e. The third kappa shape index (κ3) is 4.47. The summed E-state index contributed by atoms with van der Waals surface area (Å²) in [4.78, 5) is 11.2. The van der Waals surface area contributed by atoms with Gasteiger partial charge >= 0.3 is 0 Å². The second-order valence-electron chi connectivity index (χ2n) is 3.80. The van der Waals surface area contributed by atoms with Crippen LogP contribution in [0.2, 0.25) is 0 Å². The van der Waals surface area contributed by atoms with Crippen LogP contribution in [0.3, 0.4) is 0 Å². The van der Waals surface area contributed by atoms with E-state index in [0.29, 0.717) is 12.2 Å². The molecular formula is C13H18N2O2S. The van der Waals surface area contributed by atoms with Gasteiger partial charge in [0, 0.05) is 36.9 Å². The largest absolute Gasteiger partial charge is 0.503 e. The molecule has 0 aromatic carbocycles. The Balaban J connectivity index is 2.30. The molecule has 0 saturated heterocycles. The van der Waals surface area contributed by atoms with E-state index >= 15 is 0 Å². The molecule has 0 aliphatic rings. The molecule has 18 heavy (non-hydrogen) atoms. The topological polar surface area (TPSA) is 54.3 Å². The van der Waals surface area contributed by atoms with Crippen LogP contribution in [0.5, 0.6) is 5.75 Å². The maximum atomic E-state index is 11.2. The van der Waals surface area contributed by atoms with Crippen LogP contribution < -0.4 is 10.7 Å². The van der Waals surface area contributed by atoms with Crippen LogP contribution in [0, 0.1) is 19.3 Å². The molecule has 98 valence electrons. The van der Waals surface area contributed by atoms with Gasteiger partial charge < -0.3 is 15.0 Å². The van der Waals surface area contributed by atoms with Crippen LogP contribution in [-0.4, -0.2) is 34.3 Å². The lowest BCUT2D eigenvalue weighted by Crippen LogP contribution is -2.17. The van der Waals surface area contributed by atoms with Gasteiger partial charge in [-0.15, -0.1) is 6.42 Å². The van der Waals surface area contributed by atoms with Crippen molar-refractivity contribution in [3.63, 3.8) is 0 Å². The zero-order valence-electron chi connectivity index (χ0n) is 10.5. The van der Waals surface area contributed by atoms with E-state index in [1.54, 1.807) is 24.9 Å². The van der Waals surface area contributed by atoms with E-state index in [2.05, 4.69) is 11.2 Å². The Hall–Kier alpha value is -1.38. The minimum Gasteiger partial charge on any atom is -0.503 e.